The summed E-state index contributed by atoms with van der Waals surface area (Å²) in [5.41, 5.74) is 10.3. The summed E-state index contributed by atoms with van der Waals surface area (Å²) in [5, 5.41) is 6.78. The molecule has 7 heterocycles. The second kappa shape index (κ2) is 10.3. The van der Waals surface area contributed by atoms with Gasteiger partial charge < -0.3 is 20.1 Å². The number of alkyl halides is 1. The molecular weight excluding hydrogens is 487 g/mol. The summed E-state index contributed by atoms with van der Waals surface area (Å²) in [7, 11) is 1.63. The molecule has 0 amide bonds. The number of piperazine rings is 1. The number of nitrogens with zero attached hydrogens (tertiary/aromatic N) is 6. The fourth-order valence-corrected chi connectivity index (χ4v) is 5.30. The number of fused-ring (bicyclic) bond motifs is 2. The quantitative estimate of drug-likeness (QED) is 0.345. The van der Waals surface area contributed by atoms with Crippen molar-refractivity contribution in [3.05, 3.63) is 60.7 Å². The zero-order valence-corrected chi connectivity index (χ0v) is 21.0. The molecule has 3 aliphatic heterocycles. The molecule has 0 aromatic carbocycles. The number of hydrogen-bond donors (Lipinski definition) is 2. The lowest BCUT2D eigenvalue weighted by Gasteiger charge is -2.56. The van der Waals surface area contributed by atoms with Crippen LogP contribution in [0.4, 0.5) is 16.0 Å². The van der Waals surface area contributed by atoms with Crippen LogP contribution in [0.15, 0.2) is 55.1 Å². The monoisotopic (exact) mass is 516 g/mol. The van der Waals surface area contributed by atoms with E-state index in [0.29, 0.717) is 40.8 Å². The van der Waals surface area contributed by atoms with Gasteiger partial charge >= 0.3 is 0 Å². The fourth-order valence-electron chi connectivity index (χ4n) is 5.30. The highest BCUT2D eigenvalue weighted by Gasteiger charge is 2.44. The van der Waals surface area contributed by atoms with E-state index in [-0.39, 0.29) is 6.61 Å². The summed E-state index contributed by atoms with van der Waals surface area (Å²) in [6.45, 7) is 2.14. The normalized spacial score (nSPS) is 18.7. The zero-order valence-electron chi connectivity index (χ0n) is 21.0. The number of methoxy groups -OCH3 is 1. The van der Waals surface area contributed by atoms with Gasteiger partial charge in [0.1, 0.15) is 30.7 Å². The number of halogens is 1. The number of rotatable bonds is 9. The smallest absolute Gasteiger partial charge is 0.212 e. The third kappa shape index (κ3) is 4.60. The average molecular weight is 517 g/mol. The Hall–Kier alpha value is -4.25. The van der Waals surface area contributed by atoms with Crippen molar-refractivity contribution in [3.8, 4) is 34.0 Å². The summed E-state index contributed by atoms with van der Waals surface area (Å²) >= 11 is 0. The van der Waals surface area contributed by atoms with Crippen LogP contribution in [0.3, 0.4) is 0 Å². The highest BCUT2D eigenvalue weighted by molar-refractivity contribution is 5.85. The maximum Gasteiger partial charge on any atom is 0.212 e. The number of aromatic amines is 1. The standard InChI is InChI=1S/C27H29FN8O2/c1-37-25-5-2-17(10-31-25)14-36-19-8-20(36)16-35(15-19)24-4-3-18(11-30-24)22-9-21(38-7-6-28)12-32-26(22)23-13-33-34-27(23)29/h2-5,9-13,19-20H,6-8,14-16H2,1H3,(H3,29,33,34). The minimum atomic E-state index is -0.575. The predicted octanol–water partition coefficient (Wildman–Crippen LogP) is 3.33. The fraction of sp³-hybridized carbons (Fsp3) is 0.333. The molecule has 2 atom stereocenters. The Balaban J connectivity index is 1.18. The molecule has 0 saturated carbocycles. The molecule has 3 aliphatic rings. The third-order valence-corrected chi connectivity index (χ3v) is 7.23. The van der Waals surface area contributed by atoms with Gasteiger partial charge in [-0.15, -0.1) is 0 Å². The summed E-state index contributed by atoms with van der Waals surface area (Å²) in [5.74, 6) is 2.48. The molecule has 0 aliphatic carbocycles. The average Bonchev–Trinajstić information content (AvgIpc) is 3.40. The van der Waals surface area contributed by atoms with E-state index < -0.39 is 6.67 Å². The van der Waals surface area contributed by atoms with Gasteiger partial charge in [0, 0.05) is 61.3 Å². The number of pyridine rings is 3. The summed E-state index contributed by atoms with van der Waals surface area (Å²) in [4.78, 5) is 18.6. The van der Waals surface area contributed by atoms with Gasteiger partial charge in [-0.05, 0) is 30.2 Å². The van der Waals surface area contributed by atoms with Crippen molar-refractivity contribution in [1.82, 2.24) is 30.0 Å². The molecule has 0 spiro atoms. The molecule has 11 heteroatoms. The van der Waals surface area contributed by atoms with E-state index in [4.69, 9.17) is 20.2 Å². The number of nitrogens with two attached hydrogens (primary N) is 1. The van der Waals surface area contributed by atoms with E-state index in [1.165, 1.54) is 12.0 Å². The van der Waals surface area contributed by atoms with Crippen LogP contribution in [0, 0.1) is 0 Å². The molecule has 0 radical (unpaired) electrons. The molecule has 196 valence electrons. The molecule has 38 heavy (non-hydrogen) atoms. The van der Waals surface area contributed by atoms with Crippen LogP contribution < -0.4 is 20.1 Å². The molecule has 4 aromatic rings. The molecule has 3 N–H and O–H groups in total. The lowest BCUT2D eigenvalue weighted by atomic mass is 9.87. The maximum absolute atomic E-state index is 12.7. The number of nitrogens with one attached hydrogen (secondary N) is 1. The predicted molar refractivity (Wildman–Crippen MR) is 142 cm³/mol. The molecule has 2 bridgehead atoms. The maximum atomic E-state index is 12.7. The van der Waals surface area contributed by atoms with Gasteiger partial charge in [-0.1, -0.05) is 6.07 Å². The van der Waals surface area contributed by atoms with Gasteiger partial charge in [-0.2, -0.15) is 5.10 Å². The van der Waals surface area contributed by atoms with Gasteiger partial charge in [0.05, 0.1) is 30.8 Å². The second-order valence-corrected chi connectivity index (χ2v) is 9.54. The van der Waals surface area contributed by atoms with E-state index in [1.54, 1.807) is 19.5 Å². The van der Waals surface area contributed by atoms with Crippen LogP contribution in [0.5, 0.6) is 11.6 Å². The number of anilines is 2. The van der Waals surface area contributed by atoms with Crippen LogP contribution in [-0.2, 0) is 6.54 Å². The first-order valence-electron chi connectivity index (χ1n) is 12.6. The molecule has 7 rings (SSSR count). The highest BCUT2D eigenvalue weighted by atomic mass is 19.1. The molecule has 3 fully saturated rings. The summed E-state index contributed by atoms with van der Waals surface area (Å²) in [6.07, 6.45) is 8.13. The molecule has 3 saturated heterocycles. The number of H-pyrrole nitrogens is 1. The lowest BCUT2D eigenvalue weighted by Crippen LogP contribution is -2.68. The van der Waals surface area contributed by atoms with Crippen LogP contribution in [0.1, 0.15) is 12.0 Å². The van der Waals surface area contributed by atoms with Crippen molar-refractivity contribution in [3.63, 3.8) is 0 Å². The van der Waals surface area contributed by atoms with Crippen LogP contribution in [0.2, 0.25) is 0 Å². The Morgan fingerprint density at radius 2 is 1.89 bits per heavy atom. The number of ether oxygens (including phenoxy) is 2. The molecule has 10 nitrogen and oxygen atoms in total. The number of nitrogen functional groups attached to an aromatic ring is 1. The van der Waals surface area contributed by atoms with Gasteiger partial charge in [0.25, 0.3) is 0 Å². The molecular formula is C27H29FN8O2. The van der Waals surface area contributed by atoms with Crippen molar-refractivity contribution >= 4 is 11.6 Å². The number of aromatic nitrogens is 5. The summed E-state index contributed by atoms with van der Waals surface area (Å²) in [6, 6.07) is 10.9. The third-order valence-electron chi connectivity index (χ3n) is 7.23. The topological polar surface area (TPSA) is 118 Å². The van der Waals surface area contributed by atoms with Crippen molar-refractivity contribution in [2.75, 3.05) is 44.1 Å². The molecule has 4 aromatic heterocycles. The number of piperidine rings is 1. The van der Waals surface area contributed by atoms with Gasteiger partial charge in [0.2, 0.25) is 5.88 Å². The van der Waals surface area contributed by atoms with E-state index >= 15 is 0 Å². The largest absolute Gasteiger partial charge is 0.489 e. The van der Waals surface area contributed by atoms with Crippen LogP contribution in [0.25, 0.3) is 22.4 Å². The Labute approximate surface area is 219 Å². The van der Waals surface area contributed by atoms with Crippen molar-refractivity contribution in [2.24, 2.45) is 0 Å². The minimum Gasteiger partial charge on any atom is -0.489 e. The van der Waals surface area contributed by atoms with Crippen molar-refractivity contribution < 1.29 is 13.9 Å². The Morgan fingerprint density at radius 3 is 2.55 bits per heavy atom. The van der Waals surface area contributed by atoms with Crippen LogP contribution in [-0.4, -0.2) is 75.6 Å². The van der Waals surface area contributed by atoms with Crippen LogP contribution >= 0.6 is 0 Å². The summed E-state index contributed by atoms with van der Waals surface area (Å²) < 4.78 is 23.3. The van der Waals surface area contributed by atoms with E-state index in [2.05, 4.69) is 36.0 Å². The minimum absolute atomic E-state index is 0.0329. The Bertz CT molecular complexity index is 1380. The first-order chi connectivity index (χ1) is 18.6. The SMILES string of the molecule is COc1ccc(CN2C3CC2CN(c2ccc(-c4cc(OCCF)cnc4-c4cn[nH]c4N)cn2)C3)cn1. The lowest BCUT2D eigenvalue weighted by molar-refractivity contribution is -0.00876. The second-order valence-electron chi connectivity index (χ2n) is 9.54. The first-order valence-corrected chi connectivity index (χ1v) is 12.6. The number of hydrogen-bond acceptors (Lipinski definition) is 9. The van der Waals surface area contributed by atoms with Gasteiger partial charge in [-0.3, -0.25) is 15.0 Å². The van der Waals surface area contributed by atoms with Crippen molar-refractivity contribution in [2.45, 2.75) is 25.0 Å². The molecule has 2 unspecified atom stereocenters. The van der Waals surface area contributed by atoms with E-state index in [1.807, 2.05) is 36.7 Å². The van der Waals surface area contributed by atoms with Crippen molar-refractivity contribution in [1.29, 1.82) is 0 Å². The van der Waals surface area contributed by atoms with E-state index in [0.717, 1.165) is 36.6 Å². The van der Waals surface area contributed by atoms with Gasteiger partial charge in [0.15, 0.2) is 0 Å². The zero-order chi connectivity index (χ0) is 26.1. The Morgan fingerprint density at radius 1 is 1.03 bits per heavy atom. The Kier molecular flexibility index (Phi) is 6.50. The van der Waals surface area contributed by atoms with Gasteiger partial charge in [-0.25, -0.2) is 14.4 Å². The van der Waals surface area contributed by atoms with E-state index in [9.17, 15) is 4.39 Å². The first kappa shape index (κ1) is 24.1. The highest BCUT2D eigenvalue weighted by Crippen LogP contribution is 2.37.